The smallest absolute Gasteiger partial charge is 0.328 e. The van der Waals surface area contributed by atoms with Gasteiger partial charge in [0.1, 0.15) is 17.5 Å². The van der Waals surface area contributed by atoms with Gasteiger partial charge in [0, 0.05) is 6.54 Å². The predicted molar refractivity (Wildman–Crippen MR) is 55.4 cm³/mol. The third kappa shape index (κ3) is 2.23. The first kappa shape index (κ1) is 11.5. The van der Waals surface area contributed by atoms with E-state index in [1.54, 1.807) is 0 Å². The van der Waals surface area contributed by atoms with Gasteiger partial charge in [0.15, 0.2) is 0 Å². The van der Waals surface area contributed by atoms with E-state index in [4.69, 9.17) is 5.11 Å². The third-order valence-corrected chi connectivity index (χ3v) is 2.95. The van der Waals surface area contributed by atoms with Gasteiger partial charge in [0.05, 0.1) is 6.20 Å². The van der Waals surface area contributed by atoms with Crippen molar-refractivity contribution in [1.29, 1.82) is 0 Å². The monoisotopic (exact) mass is 256 g/mol. The standard InChI is InChI=1S/C8H8N4O4S/c13-6-3-12(4(1-9-6)8(15)16)7(14)5-2-10-11-17-5/h2,4H,1,3H2,(H,9,13)(H,15,16). The summed E-state index contributed by atoms with van der Waals surface area (Å²) in [6, 6.07) is -1.05. The number of carbonyl (C=O) groups is 3. The fourth-order valence-electron chi connectivity index (χ4n) is 1.48. The molecule has 1 atom stereocenters. The van der Waals surface area contributed by atoms with Crippen LogP contribution in [0.5, 0.6) is 0 Å². The number of hydrogen-bond acceptors (Lipinski definition) is 6. The lowest BCUT2D eigenvalue weighted by molar-refractivity contribution is -0.144. The Bertz CT molecular complexity index is 460. The Labute approximate surface area is 99.4 Å². The number of nitrogens with zero attached hydrogens (tertiary/aromatic N) is 3. The molecule has 2 amide bonds. The van der Waals surface area contributed by atoms with Gasteiger partial charge in [0.25, 0.3) is 5.91 Å². The van der Waals surface area contributed by atoms with Crippen LogP contribution in [0.3, 0.4) is 0 Å². The molecule has 1 aliphatic rings. The fraction of sp³-hybridized carbons (Fsp3) is 0.375. The van der Waals surface area contributed by atoms with Gasteiger partial charge >= 0.3 is 5.97 Å². The molecule has 9 heteroatoms. The molecule has 0 spiro atoms. The molecule has 8 nitrogen and oxygen atoms in total. The quantitative estimate of drug-likeness (QED) is 0.670. The largest absolute Gasteiger partial charge is 0.480 e. The number of rotatable bonds is 2. The molecule has 0 bridgehead atoms. The van der Waals surface area contributed by atoms with Gasteiger partial charge in [-0.1, -0.05) is 4.49 Å². The van der Waals surface area contributed by atoms with Crippen LogP contribution in [-0.2, 0) is 9.59 Å². The Kier molecular flexibility index (Phi) is 3.00. The molecular weight excluding hydrogens is 248 g/mol. The average molecular weight is 256 g/mol. The van der Waals surface area contributed by atoms with Crippen molar-refractivity contribution in [1.82, 2.24) is 19.8 Å². The summed E-state index contributed by atoms with van der Waals surface area (Å²) in [5, 5.41) is 14.9. The van der Waals surface area contributed by atoms with Crippen molar-refractivity contribution in [3.05, 3.63) is 11.1 Å². The van der Waals surface area contributed by atoms with E-state index in [9.17, 15) is 14.4 Å². The van der Waals surface area contributed by atoms with Gasteiger partial charge in [-0.2, -0.15) is 0 Å². The normalized spacial score (nSPS) is 19.9. The first-order valence-electron chi connectivity index (χ1n) is 4.67. The van der Waals surface area contributed by atoms with Crippen LogP contribution in [0.15, 0.2) is 6.20 Å². The molecule has 0 aromatic carbocycles. The molecule has 90 valence electrons. The van der Waals surface area contributed by atoms with Crippen LogP contribution in [0.25, 0.3) is 0 Å². The third-order valence-electron chi connectivity index (χ3n) is 2.30. The van der Waals surface area contributed by atoms with Gasteiger partial charge in [-0.3, -0.25) is 9.59 Å². The summed E-state index contributed by atoms with van der Waals surface area (Å²) in [5.74, 6) is -2.08. The van der Waals surface area contributed by atoms with Crippen LogP contribution >= 0.6 is 11.5 Å². The minimum atomic E-state index is -1.16. The average Bonchev–Trinajstić information content (AvgIpc) is 2.80. The Morgan fingerprint density at radius 2 is 2.35 bits per heavy atom. The van der Waals surface area contributed by atoms with E-state index in [-0.39, 0.29) is 23.9 Å². The number of carboxylic acid groups (broad SMARTS) is 1. The van der Waals surface area contributed by atoms with Crippen molar-refractivity contribution < 1.29 is 19.5 Å². The first-order chi connectivity index (χ1) is 8.09. The highest BCUT2D eigenvalue weighted by atomic mass is 32.1. The lowest BCUT2D eigenvalue weighted by Gasteiger charge is -2.32. The molecule has 0 saturated carbocycles. The molecule has 1 saturated heterocycles. The van der Waals surface area contributed by atoms with E-state index >= 15 is 0 Å². The van der Waals surface area contributed by atoms with E-state index in [1.165, 1.54) is 6.20 Å². The van der Waals surface area contributed by atoms with Crippen molar-refractivity contribution in [3.8, 4) is 0 Å². The molecule has 1 unspecified atom stereocenters. The molecule has 2 heterocycles. The molecule has 1 aliphatic heterocycles. The maximum atomic E-state index is 11.9. The van der Waals surface area contributed by atoms with E-state index in [1.807, 2.05) is 0 Å². The van der Waals surface area contributed by atoms with Crippen LogP contribution in [0.2, 0.25) is 0 Å². The number of piperazine rings is 1. The van der Waals surface area contributed by atoms with Crippen LogP contribution in [0, 0.1) is 0 Å². The van der Waals surface area contributed by atoms with Gasteiger partial charge in [-0.25, -0.2) is 4.79 Å². The van der Waals surface area contributed by atoms with Crippen molar-refractivity contribution >= 4 is 29.3 Å². The molecule has 1 aromatic heterocycles. The summed E-state index contributed by atoms with van der Waals surface area (Å²) in [7, 11) is 0. The lowest BCUT2D eigenvalue weighted by Crippen LogP contribution is -2.59. The molecule has 17 heavy (non-hydrogen) atoms. The summed E-state index contributed by atoms with van der Waals surface area (Å²) >= 11 is 0.863. The second-order valence-corrected chi connectivity index (χ2v) is 4.16. The zero-order valence-corrected chi connectivity index (χ0v) is 9.31. The fourth-order valence-corrected chi connectivity index (χ4v) is 1.95. The summed E-state index contributed by atoms with van der Waals surface area (Å²) in [5.41, 5.74) is 0. The Morgan fingerprint density at radius 1 is 1.59 bits per heavy atom. The minimum Gasteiger partial charge on any atom is -0.480 e. The van der Waals surface area contributed by atoms with E-state index in [2.05, 4.69) is 14.9 Å². The number of nitrogens with one attached hydrogen (secondary N) is 1. The number of aromatic nitrogens is 2. The zero-order valence-electron chi connectivity index (χ0n) is 8.49. The molecule has 0 aliphatic carbocycles. The second-order valence-electron chi connectivity index (χ2n) is 3.37. The van der Waals surface area contributed by atoms with E-state index in [0.717, 1.165) is 16.4 Å². The second kappa shape index (κ2) is 4.45. The topological polar surface area (TPSA) is 112 Å². The van der Waals surface area contributed by atoms with Crippen molar-refractivity contribution in [2.45, 2.75) is 6.04 Å². The van der Waals surface area contributed by atoms with Crippen LogP contribution in [0.4, 0.5) is 0 Å². The summed E-state index contributed by atoms with van der Waals surface area (Å²) < 4.78 is 3.52. The lowest BCUT2D eigenvalue weighted by atomic mass is 10.2. The summed E-state index contributed by atoms with van der Waals surface area (Å²) in [6.45, 7) is -0.361. The van der Waals surface area contributed by atoms with Crippen molar-refractivity contribution in [2.75, 3.05) is 13.1 Å². The molecule has 1 aromatic rings. The predicted octanol–water partition coefficient (Wildman–Crippen LogP) is -1.44. The number of aliphatic carboxylic acids is 1. The van der Waals surface area contributed by atoms with Gasteiger partial charge < -0.3 is 15.3 Å². The SMILES string of the molecule is O=C1CN(C(=O)c2cnns2)C(C(=O)O)CN1. The first-order valence-corrected chi connectivity index (χ1v) is 5.45. The summed E-state index contributed by atoms with van der Waals surface area (Å²) in [6.07, 6.45) is 1.25. The minimum absolute atomic E-state index is 0.0911. The van der Waals surface area contributed by atoms with Gasteiger partial charge in [0.2, 0.25) is 5.91 Å². The molecule has 2 rings (SSSR count). The molecule has 2 N–H and O–H groups in total. The van der Waals surface area contributed by atoms with Gasteiger partial charge in [-0.15, -0.1) is 5.10 Å². The molecule has 0 radical (unpaired) electrons. The highest BCUT2D eigenvalue weighted by molar-refractivity contribution is 7.07. The number of carbonyl (C=O) groups excluding carboxylic acids is 2. The van der Waals surface area contributed by atoms with Crippen molar-refractivity contribution in [2.24, 2.45) is 0 Å². The van der Waals surface area contributed by atoms with Crippen LogP contribution < -0.4 is 5.32 Å². The number of carboxylic acids is 1. The number of hydrogen-bond donors (Lipinski definition) is 2. The Balaban J connectivity index is 2.23. The van der Waals surface area contributed by atoms with E-state index < -0.39 is 17.9 Å². The van der Waals surface area contributed by atoms with Crippen LogP contribution in [0.1, 0.15) is 9.67 Å². The maximum Gasteiger partial charge on any atom is 0.328 e. The highest BCUT2D eigenvalue weighted by Crippen LogP contribution is 2.12. The Hall–Kier alpha value is -2.03. The highest BCUT2D eigenvalue weighted by Gasteiger charge is 2.36. The Morgan fingerprint density at radius 3 is 2.94 bits per heavy atom. The van der Waals surface area contributed by atoms with E-state index in [0.29, 0.717) is 0 Å². The van der Waals surface area contributed by atoms with Crippen LogP contribution in [-0.4, -0.2) is 56.5 Å². The summed E-state index contributed by atoms with van der Waals surface area (Å²) in [4.78, 5) is 35.3. The van der Waals surface area contributed by atoms with Crippen molar-refractivity contribution in [3.63, 3.8) is 0 Å². The molecule has 1 fully saturated rings. The number of amides is 2. The molecular formula is C8H8N4O4S. The van der Waals surface area contributed by atoms with Gasteiger partial charge in [-0.05, 0) is 11.5 Å². The maximum absolute atomic E-state index is 11.9. The zero-order chi connectivity index (χ0) is 12.4.